The van der Waals surface area contributed by atoms with Crippen LogP contribution in [0.2, 0.25) is 10.0 Å². The smallest absolute Gasteiger partial charge is 0.263 e. The maximum atomic E-state index is 11.4. The Balaban J connectivity index is 2.44. The first kappa shape index (κ1) is 11.9. The Kier molecular flexibility index (Phi) is 3.54. The molecule has 0 atom stereocenters. The van der Waals surface area contributed by atoms with E-state index in [0.29, 0.717) is 24.8 Å². The van der Waals surface area contributed by atoms with Crippen molar-refractivity contribution in [2.75, 3.05) is 0 Å². The minimum atomic E-state index is -0.217. The highest BCUT2D eigenvalue weighted by Gasteiger charge is 2.22. The molecular formula is C10H5Cl2NOS2. The second-order valence-electron chi connectivity index (χ2n) is 2.99. The molecule has 0 spiro atoms. The van der Waals surface area contributed by atoms with Gasteiger partial charge in [0.05, 0.1) is 4.91 Å². The lowest BCUT2D eigenvalue weighted by Gasteiger charge is -2.01. The van der Waals surface area contributed by atoms with Gasteiger partial charge in [-0.3, -0.25) is 4.79 Å². The van der Waals surface area contributed by atoms with Crippen LogP contribution in [0, 0.1) is 0 Å². The second kappa shape index (κ2) is 4.75. The molecule has 0 saturated carbocycles. The summed E-state index contributed by atoms with van der Waals surface area (Å²) < 4.78 is 0.444. The van der Waals surface area contributed by atoms with E-state index < -0.39 is 0 Å². The third kappa shape index (κ3) is 2.40. The van der Waals surface area contributed by atoms with E-state index in [1.54, 1.807) is 24.3 Å². The summed E-state index contributed by atoms with van der Waals surface area (Å²) in [5.74, 6) is -0.217. The lowest BCUT2D eigenvalue weighted by atomic mass is 10.2. The highest BCUT2D eigenvalue weighted by Crippen LogP contribution is 2.31. The number of halogens is 2. The van der Waals surface area contributed by atoms with Crippen LogP contribution in [0.5, 0.6) is 0 Å². The van der Waals surface area contributed by atoms with Gasteiger partial charge in [0.25, 0.3) is 5.91 Å². The van der Waals surface area contributed by atoms with E-state index in [1.807, 2.05) is 0 Å². The molecule has 1 fully saturated rings. The maximum absolute atomic E-state index is 11.4. The van der Waals surface area contributed by atoms with E-state index in [4.69, 9.17) is 35.4 Å². The fourth-order valence-electron chi connectivity index (χ4n) is 1.20. The van der Waals surface area contributed by atoms with Crippen molar-refractivity contribution in [1.29, 1.82) is 0 Å². The predicted octanol–water partition coefficient (Wildman–Crippen LogP) is 3.48. The number of hydrogen-bond acceptors (Lipinski definition) is 3. The zero-order valence-corrected chi connectivity index (χ0v) is 10.9. The van der Waals surface area contributed by atoms with Crippen LogP contribution in [-0.2, 0) is 4.79 Å². The molecule has 1 amide bonds. The van der Waals surface area contributed by atoms with Gasteiger partial charge in [0.1, 0.15) is 4.32 Å². The minimum absolute atomic E-state index is 0.217. The van der Waals surface area contributed by atoms with Gasteiger partial charge in [-0.25, -0.2) is 0 Å². The molecule has 0 radical (unpaired) electrons. The number of carbonyl (C=O) groups is 1. The molecule has 1 aromatic carbocycles. The largest absolute Gasteiger partial charge is 0.307 e. The lowest BCUT2D eigenvalue weighted by molar-refractivity contribution is -0.115. The molecule has 0 unspecified atom stereocenters. The topological polar surface area (TPSA) is 29.1 Å². The molecule has 2 rings (SSSR count). The Labute approximate surface area is 112 Å². The number of nitrogens with one attached hydrogen (secondary N) is 1. The van der Waals surface area contributed by atoms with Crippen molar-refractivity contribution in [3.8, 4) is 0 Å². The van der Waals surface area contributed by atoms with Gasteiger partial charge < -0.3 is 5.32 Å². The summed E-state index contributed by atoms with van der Waals surface area (Å²) >= 11 is 18.1. The van der Waals surface area contributed by atoms with Crippen molar-refractivity contribution in [1.82, 2.24) is 5.32 Å². The Hall–Kier alpha value is -0.550. The number of thioether (sulfide) groups is 1. The molecule has 1 aromatic rings. The summed E-state index contributed by atoms with van der Waals surface area (Å²) in [5.41, 5.74) is 0.633. The fraction of sp³-hybridized carbons (Fsp3) is 0. The SMILES string of the molecule is O=C1NC(=S)S/C1=C/c1c(Cl)cccc1Cl. The summed E-state index contributed by atoms with van der Waals surface area (Å²) in [6.07, 6.45) is 1.64. The first-order valence-corrected chi connectivity index (χ1v) is 6.25. The number of rotatable bonds is 1. The quantitative estimate of drug-likeness (QED) is 0.634. The second-order valence-corrected chi connectivity index (χ2v) is 5.52. The highest BCUT2D eigenvalue weighted by molar-refractivity contribution is 8.26. The van der Waals surface area contributed by atoms with Crippen molar-refractivity contribution < 1.29 is 4.79 Å². The summed E-state index contributed by atoms with van der Waals surface area (Å²) in [6, 6.07) is 5.19. The molecule has 6 heteroatoms. The summed E-state index contributed by atoms with van der Waals surface area (Å²) in [5, 5.41) is 3.54. The van der Waals surface area contributed by atoms with Crippen molar-refractivity contribution in [3.05, 3.63) is 38.7 Å². The van der Waals surface area contributed by atoms with Gasteiger partial charge in [-0.05, 0) is 18.2 Å². The highest BCUT2D eigenvalue weighted by atomic mass is 35.5. The van der Waals surface area contributed by atoms with Crippen LogP contribution in [0.3, 0.4) is 0 Å². The van der Waals surface area contributed by atoms with Crippen LogP contribution in [0.15, 0.2) is 23.1 Å². The first-order valence-electron chi connectivity index (χ1n) is 4.27. The minimum Gasteiger partial charge on any atom is -0.307 e. The van der Waals surface area contributed by atoms with E-state index in [-0.39, 0.29) is 5.91 Å². The van der Waals surface area contributed by atoms with Crippen molar-refractivity contribution >= 4 is 63.5 Å². The number of hydrogen-bond donors (Lipinski definition) is 1. The first-order chi connectivity index (χ1) is 7.58. The third-order valence-electron chi connectivity index (χ3n) is 1.92. The van der Waals surface area contributed by atoms with Gasteiger partial charge in [0.2, 0.25) is 0 Å². The molecular weight excluding hydrogens is 285 g/mol. The van der Waals surface area contributed by atoms with Crippen LogP contribution in [-0.4, -0.2) is 10.2 Å². The Bertz CT molecular complexity index is 493. The normalized spacial score (nSPS) is 18.0. The van der Waals surface area contributed by atoms with Gasteiger partial charge in [-0.15, -0.1) is 0 Å². The van der Waals surface area contributed by atoms with Crippen molar-refractivity contribution in [2.45, 2.75) is 0 Å². The van der Waals surface area contributed by atoms with Crippen molar-refractivity contribution in [2.24, 2.45) is 0 Å². The van der Waals surface area contributed by atoms with E-state index in [1.165, 1.54) is 11.8 Å². The molecule has 2 nitrogen and oxygen atoms in total. The van der Waals surface area contributed by atoms with E-state index in [0.717, 1.165) is 0 Å². The van der Waals surface area contributed by atoms with Gasteiger partial charge in [0.15, 0.2) is 0 Å². The number of thiocarbonyl (C=S) groups is 1. The van der Waals surface area contributed by atoms with Crippen LogP contribution < -0.4 is 5.32 Å². The van der Waals surface area contributed by atoms with Crippen molar-refractivity contribution in [3.63, 3.8) is 0 Å². The molecule has 0 bridgehead atoms. The average molecular weight is 290 g/mol. The maximum Gasteiger partial charge on any atom is 0.263 e. The van der Waals surface area contributed by atoms with Gasteiger partial charge in [-0.1, -0.05) is 53.2 Å². The van der Waals surface area contributed by atoms with Crippen LogP contribution in [0.25, 0.3) is 6.08 Å². The Morgan fingerprint density at radius 3 is 2.44 bits per heavy atom. The summed E-state index contributed by atoms with van der Waals surface area (Å²) in [6.45, 7) is 0. The molecule has 16 heavy (non-hydrogen) atoms. The standard InChI is InChI=1S/C10H5Cl2NOS2/c11-6-2-1-3-7(12)5(6)4-8-9(14)13-10(15)16-8/h1-4H,(H,13,14,15)/b8-4+. The van der Waals surface area contributed by atoms with Crippen LogP contribution >= 0.6 is 47.2 Å². The zero-order chi connectivity index (χ0) is 11.7. The fourth-order valence-corrected chi connectivity index (χ4v) is 2.73. The number of amides is 1. The predicted molar refractivity (Wildman–Crippen MR) is 72.8 cm³/mol. The molecule has 82 valence electrons. The van der Waals surface area contributed by atoms with E-state index in [2.05, 4.69) is 5.32 Å². The third-order valence-corrected chi connectivity index (χ3v) is 3.74. The monoisotopic (exact) mass is 289 g/mol. The molecule has 1 saturated heterocycles. The Morgan fingerprint density at radius 2 is 1.94 bits per heavy atom. The summed E-state index contributed by atoms with van der Waals surface area (Å²) in [4.78, 5) is 11.9. The van der Waals surface area contributed by atoms with Gasteiger partial charge >= 0.3 is 0 Å². The molecule has 0 aromatic heterocycles. The number of carbonyl (C=O) groups excluding carboxylic acids is 1. The van der Waals surface area contributed by atoms with E-state index in [9.17, 15) is 4.79 Å². The Morgan fingerprint density at radius 1 is 1.31 bits per heavy atom. The molecule has 0 aliphatic carbocycles. The molecule has 1 aliphatic rings. The molecule has 1 aliphatic heterocycles. The van der Waals surface area contributed by atoms with Gasteiger partial charge in [0, 0.05) is 15.6 Å². The van der Waals surface area contributed by atoms with Crippen LogP contribution in [0.1, 0.15) is 5.56 Å². The lowest BCUT2D eigenvalue weighted by Crippen LogP contribution is -2.17. The molecule has 1 N–H and O–H groups in total. The van der Waals surface area contributed by atoms with Crippen LogP contribution in [0.4, 0.5) is 0 Å². The number of benzene rings is 1. The summed E-state index contributed by atoms with van der Waals surface area (Å²) in [7, 11) is 0. The average Bonchev–Trinajstić information content (AvgIpc) is 2.51. The molecule has 1 heterocycles. The zero-order valence-electron chi connectivity index (χ0n) is 7.79. The van der Waals surface area contributed by atoms with Gasteiger partial charge in [-0.2, -0.15) is 0 Å². The van der Waals surface area contributed by atoms with E-state index >= 15 is 0 Å².